The number of aliphatic hydroxyl groups is 1. The number of rotatable bonds is 9. The van der Waals surface area contributed by atoms with E-state index in [1.165, 1.54) is 7.11 Å². The van der Waals surface area contributed by atoms with Gasteiger partial charge in [-0.25, -0.2) is 4.79 Å². The van der Waals surface area contributed by atoms with E-state index in [0.717, 1.165) is 44.9 Å². The number of methoxy groups -OCH3 is 3. The van der Waals surface area contributed by atoms with Crippen LogP contribution in [0.15, 0.2) is 91.0 Å². The minimum Gasteiger partial charge on any atom is -0.497 e. The maximum absolute atomic E-state index is 13.2. The van der Waals surface area contributed by atoms with Gasteiger partial charge in [-0.15, -0.1) is 0 Å². The van der Waals surface area contributed by atoms with E-state index in [9.17, 15) is 4.79 Å². The Bertz CT molecular complexity index is 1450. The van der Waals surface area contributed by atoms with Crippen molar-refractivity contribution in [3.8, 4) is 28.4 Å². The molecule has 204 valence electrons. The zero-order valence-corrected chi connectivity index (χ0v) is 22.8. The third kappa shape index (κ3) is 5.06. The van der Waals surface area contributed by atoms with Gasteiger partial charge in [0.1, 0.15) is 23.9 Å². The number of hydrogen-bond donors (Lipinski definition) is 1. The van der Waals surface area contributed by atoms with Gasteiger partial charge in [-0.1, -0.05) is 60.7 Å². The van der Waals surface area contributed by atoms with Crippen molar-refractivity contribution >= 4 is 12.0 Å². The maximum Gasteiger partial charge on any atom is 0.339 e. The molecule has 0 heterocycles. The molecule has 1 aliphatic rings. The van der Waals surface area contributed by atoms with Gasteiger partial charge in [-0.05, 0) is 76.2 Å². The third-order valence-corrected chi connectivity index (χ3v) is 7.46. The van der Waals surface area contributed by atoms with E-state index in [0.29, 0.717) is 17.7 Å². The standard InChI is InChI=1S/C34H32O6/c1-37-27-13-7-25(8-14-27)34(26-9-15-28(38-2)16-10-26)19-18-31-24(22-34)6-17-30(32(31)33(36)39-3)23-4-11-29(12-5-23)40-21-20-35/h4-19,35H,20-22H2,1-3H3. The van der Waals surface area contributed by atoms with Crippen LogP contribution in [0.4, 0.5) is 0 Å². The zero-order chi connectivity index (χ0) is 28.1. The van der Waals surface area contributed by atoms with Gasteiger partial charge in [-0.3, -0.25) is 0 Å². The van der Waals surface area contributed by atoms with Crippen LogP contribution in [0.2, 0.25) is 0 Å². The molecule has 0 unspecified atom stereocenters. The number of ether oxygens (including phenoxy) is 4. The molecule has 40 heavy (non-hydrogen) atoms. The minimum atomic E-state index is -0.466. The lowest BCUT2D eigenvalue weighted by Crippen LogP contribution is -2.31. The lowest BCUT2D eigenvalue weighted by molar-refractivity contribution is 0.0601. The number of benzene rings is 4. The third-order valence-electron chi connectivity index (χ3n) is 7.46. The van der Waals surface area contributed by atoms with Gasteiger partial charge in [0.2, 0.25) is 0 Å². The van der Waals surface area contributed by atoms with Crippen LogP contribution in [0.1, 0.15) is 32.6 Å². The molecule has 0 atom stereocenters. The number of allylic oxidation sites excluding steroid dienone is 1. The summed E-state index contributed by atoms with van der Waals surface area (Å²) in [7, 11) is 4.72. The Kier molecular flexibility index (Phi) is 7.89. The zero-order valence-electron chi connectivity index (χ0n) is 22.8. The van der Waals surface area contributed by atoms with Crippen molar-refractivity contribution < 1.29 is 28.8 Å². The summed E-state index contributed by atoms with van der Waals surface area (Å²) in [5, 5.41) is 9.03. The molecular weight excluding hydrogens is 504 g/mol. The van der Waals surface area contributed by atoms with Crippen molar-refractivity contribution in [3.63, 3.8) is 0 Å². The van der Waals surface area contributed by atoms with Gasteiger partial charge in [-0.2, -0.15) is 0 Å². The molecule has 0 bridgehead atoms. The van der Waals surface area contributed by atoms with Crippen molar-refractivity contribution in [2.24, 2.45) is 0 Å². The summed E-state index contributed by atoms with van der Waals surface area (Å²) in [4.78, 5) is 13.2. The number of carbonyl (C=O) groups is 1. The first-order valence-corrected chi connectivity index (χ1v) is 13.1. The van der Waals surface area contributed by atoms with Gasteiger partial charge in [0.05, 0.1) is 33.5 Å². The fourth-order valence-electron chi connectivity index (χ4n) is 5.39. The Labute approximate surface area is 234 Å². The van der Waals surface area contributed by atoms with Crippen molar-refractivity contribution in [1.82, 2.24) is 0 Å². The highest BCUT2D eigenvalue weighted by atomic mass is 16.5. The summed E-state index contributed by atoms with van der Waals surface area (Å²) in [6, 6.07) is 27.8. The highest BCUT2D eigenvalue weighted by Gasteiger charge is 2.36. The number of esters is 1. The molecule has 1 N–H and O–H groups in total. The van der Waals surface area contributed by atoms with E-state index in [4.69, 9.17) is 24.1 Å². The molecule has 6 heteroatoms. The van der Waals surface area contributed by atoms with E-state index in [2.05, 4.69) is 36.4 Å². The van der Waals surface area contributed by atoms with E-state index in [-0.39, 0.29) is 13.2 Å². The summed E-state index contributed by atoms with van der Waals surface area (Å²) in [5.74, 6) is 1.84. The lowest BCUT2D eigenvalue weighted by atomic mass is 9.66. The summed E-state index contributed by atoms with van der Waals surface area (Å²) in [5.41, 5.74) is 5.83. The molecule has 0 saturated heterocycles. The Morgan fingerprint density at radius 2 is 1.35 bits per heavy atom. The average Bonchev–Trinajstić information content (AvgIpc) is 3.03. The molecule has 5 rings (SSSR count). The Morgan fingerprint density at radius 3 is 1.88 bits per heavy atom. The van der Waals surface area contributed by atoms with Gasteiger partial charge in [0.25, 0.3) is 0 Å². The first-order valence-electron chi connectivity index (χ1n) is 13.1. The second kappa shape index (κ2) is 11.7. The van der Waals surface area contributed by atoms with Crippen LogP contribution in [0, 0.1) is 0 Å². The highest BCUT2D eigenvalue weighted by molar-refractivity contribution is 6.02. The topological polar surface area (TPSA) is 74.2 Å². The molecule has 0 fully saturated rings. The van der Waals surface area contributed by atoms with Crippen LogP contribution in [-0.4, -0.2) is 45.6 Å². The summed E-state index contributed by atoms with van der Waals surface area (Å²) < 4.78 is 21.6. The quantitative estimate of drug-likeness (QED) is 0.261. The largest absolute Gasteiger partial charge is 0.497 e. The summed E-state index contributed by atoms with van der Waals surface area (Å²) in [6.07, 6.45) is 4.87. The predicted molar refractivity (Wildman–Crippen MR) is 155 cm³/mol. The predicted octanol–water partition coefficient (Wildman–Crippen LogP) is 6.08. The molecule has 0 aliphatic heterocycles. The molecule has 4 aromatic rings. The van der Waals surface area contributed by atoms with Crippen molar-refractivity contribution in [2.75, 3.05) is 34.5 Å². The van der Waals surface area contributed by atoms with E-state index < -0.39 is 11.4 Å². The fraction of sp³-hybridized carbons (Fsp3) is 0.206. The number of aliphatic hydroxyl groups excluding tert-OH is 1. The van der Waals surface area contributed by atoms with E-state index >= 15 is 0 Å². The van der Waals surface area contributed by atoms with Crippen LogP contribution in [0.5, 0.6) is 17.2 Å². The van der Waals surface area contributed by atoms with Gasteiger partial charge >= 0.3 is 5.97 Å². The molecule has 0 aromatic heterocycles. The molecule has 0 saturated carbocycles. The Morgan fingerprint density at radius 1 is 0.775 bits per heavy atom. The summed E-state index contributed by atoms with van der Waals surface area (Å²) >= 11 is 0. The van der Waals surface area contributed by atoms with Gasteiger partial charge < -0.3 is 24.1 Å². The van der Waals surface area contributed by atoms with E-state index in [1.807, 2.05) is 60.7 Å². The molecular formula is C34H32O6. The van der Waals surface area contributed by atoms with Crippen LogP contribution < -0.4 is 14.2 Å². The SMILES string of the molecule is COC(=O)c1c(-c2ccc(OCCO)cc2)ccc2c1C=CC(c1ccc(OC)cc1)(c1ccc(OC)cc1)C2. The average molecular weight is 537 g/mol. The minimum absolute atomic E-state index is 0.0556. The number of hydrogen-bond acceptors (Lipinski definition) is 6. The maximum atomic E-state index is 13.2. The second-order valence-electron chi connectivity index (χ2n) is 9.59. The lowest BCUT2D eigenvalue weighted by Gasteiger charge is -2.36. The molecule has 0 amide bonds. The fourth-order valence-corrected chi connectivity index (χ4v) is 5.39. The molecule has 1 aliphatic carbocycles. The smallest absolute Gasteiger partial charge is 0.339 e. The molecule has 4 aromatic carbocycles. The van der Waals surface area contributed by atoms with Gasteiger partial charge in [0, 0.05) is 5.41 Å². The molecule has 6 nitrogen and oxygen atoms in total. The molecule has 0 radical (unpaired) electrons. The van der Waals surface area contributed by atoms with Crippen molar-refractivity contribution in [1.29, 1.82) is 0 Å². The van der Waals surface area contributed by atoms with Crippen LogP contribution in [-0.2, 0) is 16.6 Å². The first-order chi connectivity index (χ1) is 19.5. The van der Waals surface area contributed by atoms with Crippen LogP contribution >= 0.6 is 0 Å². The second-order valence-corrected chi connectivity index (χ2v) is 9.59. The van der Waals surface area contributed by atoms with Gasteiger partial charge in [0.15, 0.2) is 0 Å². The summed E-state index contributed by atoms with van der Waals surface area (Å²) in [6.45, 7) is 0.167. The van der Waals surface area contributed by atoms with Crippen LogP contribution in [0.25, 0.3) is 17.2 Å². The number of fused-ring (bicyclic) bond motifs is 1. The number of carbonyl (C=O) groups excluding carboxylic acids is 1. The normalized spacial score (nSPS) is 13.3. The van der Waals surface area contributed by atoms with Crippen molar-refractivity contribution in [3.05, 3.63) is 119 Å². The molecule has 0 spiro atoms. The van der Waals surface area contributed by atoms with Crippen LogP contribution in [0.3, 0.4) is 0 Å². The Hall–Kier alpha value is -4.55. The van der Waals surface area contributed by atoms with E-state index in [1.54, 1.807) is 14.2 Å². The Balaban J connectivity index is 1.63. The van der Waals surface area contributed by atoms with Crippen molar-refractivity contribution in [2.45, 2.75) is 11.8 Å². The monoisotopic (exact) mass is 536 g/mol. The first kappa shape index (κ1) is 27.0. The highest BCUT2D eigenvalue weighted by Crippen LogP contribution is 2.44.